The van der Waals surface area contributed by atoms with Crippen molar-refractivity contribution < 1.29 is 36.7 Å². The number of nitrogens with two attached hydrogens (primary N) is 1. The minimum atomic E-state index is -1.29. The van der Waals surface area contributed by atoms with Gasteiger partial charge in [0, 0.05) is 29.1 Å². The first-order valence-corrected chi connectivity index (χ1v) is 12.0. The van der Waals surface area contributed by atoms with Gasteiger partial charge >= 0.3 is 12.0 Å². The topological polar surface area (TPSA) is 115 Å². The van der Waals surface area contributed by atoms with Crippen LogP contribution in [0, 0.1) is 23.3 Å². The Labute approximate surface area is 225 Å². The number of esters is 1. The summed E-state index contributed by atoms with van der Waals surface area (Å²) in [7, 11) is 0. The molecule has 40 heavy (non-hydrogen) atoms. The summed E-state index contributed by atoms with van der Waals surface area (Å²) in [6.07, 6.45) is 0.707. The van der Waals surface area contributed by atoms with Crippen molar-refractivity contribution in [1.82, 2.24) is 4.98 Å². The predicted molar refractivity (Wildman–Crippen MR) is 140 cm³/mol. The van der Waals surface area contributed by atoms with Gasteiger partial charge in [-0.3, -0.25) is 9.59 Å². The number of nitrogens with zero attached hydrogens (tertiary/aromatic N) is 2. The summed E-state index contributed by atoms with van der Waals surface area (Å²) >= 11 is 0. The van der Waals surface area contributed by atoms with Gasteiger partial charge in [-0.2, -0.15) is 0 Å². The van der Waals surface area contributed by atoms with Gasteiger partial charge in [-0.25, -0.2) is 32.2 Å². The lowest BCUT2D eigenvalue weighted by atomic mass is 10.0. The first kappa shape index (κ1) is 28.0. The summed E-state index contributed by atoms with van der Waals surface area (Å²) in [5.41, 5.74) is 4.62. The number of pyridine rings is 1. The average Bonchev–Trinajstić information content (AvgIpc) is 2.89. The standard InChI is InChI=1S/C28H22F4N4O4/c1-2-4-25(38)40-14-24(37)34-17-8-10-18-15(11-17)12-23(35-26(18)19-9-7-16(29)13-22(19)32)36(28(33)39)27-20(30)5-3-6-21(27)31/h3,5-13H,2,4,14H2,1H3,(H2,33,39)(H,34,37). The Balaban J connectivity index is 1.85. The summed E-state index contributed by atoms with van der Waals surface area (Å²) in [6, 6.07) is 9.99. The van der Waals surface area contributed by atoms with Crippen molar-refractivity contribution in [2.45, 2.75) is 19.8 Å². The van der Waals surface area contributed by atoms with E-state index in [1.165, 1.54) is 24.3 Å². The van der Waals surface area contributed by atoms with Crippen LogP contribution in [-0.4, -0.2) is 29.5 Å². The summed E-state index contributed by atoms with van der Waals surface area (Å²) in [5.74, 6) is -5.62. The summed E-state index contributed by atoms with van der Waals surface area (Å²) < 4.78 is 62.7. The lowest BCUT2D eigenvalue weighted by Gasteiger charge is -2.22. The highest BCUT2D eigenvalue weighted by molar-refractivity contribution is 6.04. The Morgan fingerprint density at radius 3 is 2.33 bits per heavy atom. The van der Waals surface area contributed by atoms with Gasteiger partial charge in [0.05, 0.1) is 5.69 Å². The van der Waals surface area contributed by atoms with Crippen LogP contribution in [0.3, 0.4) is 0 Å². The van der Waals surface area contributed by atoms with Crippen LogP contribution in [0.5, 0.6) is 0 Å². The number of ether oxygens (including phenoxy) is 1. The predicted octanol–water partition coefficient (Wildman–Crippen LogP) is 5.96. The van der Waals surface area contributed by atoms with Crippen molar-refractivity contribution >= 4 is 45.9 Å². The number of primary amides is 1. The zero-order valence-electron chi connectivity index (χ0n) is 21.0. The van der Waals surface area contributed by atoms with Gasteiger partial charge in [0.2, 0.25) is 0 Å². The molecule has 12 heteroatoms. The van der Waals surface area contributed by atoms with Crippen molar-refractivity contribution in [2.75, 3.05) is 16.8 Å². The van der Waals surface area contributed by atoms with E-state index in [1.807, 2.05) is 0 Å². The number of para-hydroxylation sites is 1. The number of nitrogens with one attached hydrogen (secondary N) is 1. The molecule has 0 aliphatic carbocycles. The minimum absolute atomic E-state index is 0.0978. The Hall–Kier alpha value is -5.00. The molecule has 0 radical (unpaired) electrons. The highest BCUT2D eigenvalue weighted by atomic mass is 19.1. The molecule has 206 valence electrons. The molecule has 0 atom stereocenters. The SMILES string of the molecule is CCCC(=O)OCC(=O)Nc1ccc2c(-c3ccc(F)cc3F)nc(N(C(N)=O)c3c(F)cccc3F)cc2c1. The minimum Gasteiger partial charge on any atom is -0.456 e. The summed E-state index contributed by atoms with van der Waals surface area (Å²) in [5, 5.41) is 3.08. The van der Waals surface area contributed by atoms with E-state index in [1.54, 1.807) is 6.92 Å². The number of amides is 3. The molecule has 8 nitrogen and oxygen atoms in total. The maximum Gasteiger partial charge on any atom is 0.325 e. The van der Waals surface area contributed by atoms with Crippen molar-refractivity contribution in [1.29, 1.82) is 0 Å². The molecule has 1 heterocycles. The molecule has 0 bridgehead atoms. The first-order valence-electron chi connectivity index (χ1n) is 12.0. The quantitative estimate of drug-likeness (QED) is 0.206. The number of hydrogen-bond acceptors (Lipinski definition) is 5. The third-order valence-electron chi connectivity index (χ3n) is 5.72. The Morgan fingerprint density at radius 1 is 0.950 bits per heavy atom. The number of fused-ring (bicyclic) bond motifs is 1. The molecule has 0 spiro atoms. The molecule has 0 aliphatic rings. The van der Waals surface area contributed by atoms with Gasteiger partial charge in [-0.15, -0.1) is 0 Å². The highest BCUT2D eigenvalue weighted by Gasteiger charge is 2.26. The molecule has 0 fully saturated rings. The average molecular weight is 555 g/mol. The number of urea groups is 1. The molecule has 4 aromatic rings. The summed E-state index contributed by atoms with van der Waals surface area (Å²) in [6.45, 7) is 1.25. The van der Waals surface area contributed by atoms with Crippen molar-refractivity contribution in [2.24, 2.45) is 5.73 Å². The molecule has 3 amide bonds. The van der Waals surface area contributed by atoms with Crippen molar-refractivity contribution in [3.8, 4) is 11.3 Å². The molecule has 3 aromatic carbocycles. The lowest BCUT2D eigenvalue weighted by Crippen LogP contribution is -2.33. The van der Waals surface area contributed by atoms with E-state index in [2.05, 4.69) is 10.3 Å². The number of hydrogen-bond donors (Lipinski definition) is 2. The van der Waals surface area contributed by atoms with E-state index in [0.29, 0.717) is 22.8 Å². The fourth-order valence-electron chi connectivity index (χ4n) is 3.98. The normalized spacial score (nSPS) is 10.8. The van der Waals surface area contributed by atoms with E-state index in [9.17, 15) is 31.9 Å². The largest absolute Gasteiger partial charge is 0.456 e. The van der Waals surface area contributed by atoms with Gasteiger partial charge in [-0.05, 0) is 54.3 Å². The van der Waals surface area contributed by atoms with E-state index >= 15 is 0 Å². The van der Waals surface area contributed by atoms with Crippen molar-refractivity contribution in [3.05, 3.63) is 83.9 Å². The fourth-order valence-corrected chi connectivity index (χ4v) is 3.98. The number of carbonyl (C=O) groups is 3. The zero-order valence-corrected chi connectivity index (χ0v) is 21.0. The van der Waals surface area contributed by atoms with Crippen LogP contribution in [-0.2, 0) is 14.3 Å². The maximum absolute atomic E-state index is 14.9. The molecule has 4 rings (SSSR count). The Kier molecular flexibility index (Phi) is 8.27. The van der Waals surface area contributed by atoms with Crippen LogP contribution in [0.2, 0.25) is 0 Å². The molecule has 0 saturated heterocycles. The van der Waals surface area contributed by atoms with Crippen LogP contribution in [0.15, 0.2) is 60.7 Å². The summed E-state index contributed by atoms with van der Waals surface area (Å²) in [4.78, 5) is 41.1. The Bertz CT molecular complexity index is 1610. The smallest absolute Gasteiger partial charge is 0.325 e. The molecule has 0 saturated carbocycles. The fraction of sp³-hybridized carbons (Fsp3) is 0.143. The van der Waals surface area contributed by atoms with Crippen LogP contribution in [0.1, 0.15) is 19.8 Å². The number of benzene rings is 3. The van der Waals surface area contributed by atoms with Crippen LogP contribution in [0.4, 0.5) is 39.5 Å². The van der Waals surface area contributed by atoms with E-state index in [0.717, 1.165) is 30.3 Å². The molecule has 3 N–H and O–H groups in total. The second-order valence-corrected chi connectivity index (χ2v) is 8.59. The molecular formula is C28H22F4N4O4. The monoisotopic (exact) mass is 554 g/mol. The number of aromatic nitrogens is 1. The van der Waals surface area contributed by atoms with Gasteiger partial charge in [0.1, 0.15) is 34.8 Å². The number of carbonyl (C=O) groups excluding carboxylic acids is 3. The van der Waals surface area contributed by atoms with Gasteiger partial charge in [-0.1, -0.05) is 19.1 Å². The zero-order chi connectivity index (χ0) is 29.0. The second kappa shape index (κ2) is 11.8. The Morgan fingerprint density at radius 2 is 1.68 bits per heavy atom. The maximum atomic E-state index is 14.9. The number of rotatable bonds is 8. The van der Waals surface area contributed by atoms with Gasteiger partial charge in [0.25, 0.3) is 5.91 Å². The third-order valence-corrected chi connectivity index (χ3v) is 5.72. The molecule has 0 unspecified atom stereocenters. The first-order chi connectivity index (χ1) is 19.1. The van der Waals surface area contributed by atoms with Gasteiger partial charge in [0.15, 0.2) is 6.61 Å². The lowest BCUT2D eigenvalue weighted by molar-refractivity contribution is -0.147. The van der Waals surface area contributed by atoms with Gasteiger partial charge < -0.3 is 15.8 Å². The molecule has 1 aromatic heterocycles. The van der Waals surface area contributed by atoms with E-state index in [4.69, 9.17) is 10.5 Å². The molecule has 0 aliphatic heterocycles. The second-order valence-electron chi connectivity index (χ2n) is 8.59. The van der Waals surface area contributed by atoms with E-state index in [-0.39, 0.29) is 34.6 Å². The van der Waals surface area contributed by atoms with Crippen LogP contribution >= 0.6 is 0 Å². The number of anilines is 3. The van der Waals surface area contributed by atoms with Crippen molar-refractivity contribution in [3.63, 3.8) is 0 Å². The third kappa shape index (κ3) is 6.01. The van der Waals surface area contributed by atoms with E-state index < -0.39 is 53.5 Å². The van der Waals surface area contributed by atoms with Crippen LogP contribution in [0.25, 0.3) is 22.0 Å². The number of halogens is 4. The highest BCUT2D eigenvalue weighted by Crippen LogP contribution is 2.37. The molecular weight excluding hydrogens is 532 g/mol. The van der Waals surface area contributed by atoms with Crippen LogP contribution < -0.4 is 16.0 Å².